The minimum atomic E-state index is -0.579. The summed E-state index contributed by atoms with van der Waals surface area (Å²) >= 11 is 0. The molecule has 2 heterocycles. The minimum absolute atomic E-state index is 0.107. The van der Waals surface area contributed by atoms with Gasteiger partial charge in [0, 0.05) is 26.4 Å². The first kappa shape index (κ1) is 20.8. The highest BCUT2D eigenvalue weighted by atomic mass is 19.1. The quantitative estimate of drug-likeness (QED) is 0.789. The van der Waals surface area contributed by atoms with Gasteiger partial charge >= 0.3 is 6.09 Å². The van der Waals surface area contributed by atoms with E-state index in [1.54, 1.807) is 19.1 Å². The standard InChI is InChI=1S/C19H25FN4O5/c1-3-18(26)24-7-6-22(8-9-28-24)17-5-4-14(10-16(17)20)23-12-15(29-19(23)27)11-21-13(2)25/h4-5,10,15H,3,6-9,11-12H2,1-2H3,(H,21,25)/t15-/m0/s1. The predicted octanol–water partition coefficient (Wildman–Crippen LogP) is 1.28. The summed E-state index contributed by atoms with van der Waals surface area (Å²) in [6, 6.07) is 4.55. The van der Waals surface area contributed by atoms with Crippen LogP contribution < -0.4 is 15.1 Å². The van der Waals surface area contributed by atoms with Crippen molar-refractivity contribution in [3.8, 4) is 0 Å². The Morgan fingerprint density at radius 2 is 2.07 bits per heavy atom. The van der Waals surface area contributed by atoms with E-state index in [2.05, 4.69) is 5.32 Å². The number of cyclic esters (lactones) is 1. The first-order chi connectivity index (χ1) is 13.9. The number of anilines is 2. The van der Waals surface area contributed by atoms with Gasteiger partial charge in [0.05, 0.1) is 37.6 Å². The van der Waals surface area contributed by atoms with E-state index >= 15 is 0 Å². The number of carbonyl (C=O) groups is 3. The first-order valence-corrected chi connectivity index (χ1v) is 9.59. The number of carbonyl (C=O) groups excluding carboxylic acids is 3. The Balaban J connectivity index is 1.66. The zero-order valence-corrected chi connectivity index (χ0v) is 16.5. The maximum absolute atomic E-state index is 14.8. The van der Waals surface area contributed by atoms with Crippen LogP contribution in [0.5, 0.6) is 0 Å². The van der Waals surface area contributed by atoms with Gasteiger partial charge in [-0.2, -0.15) is 0 Å². The van der Waals surface area contributed by atoms with Crippen LogP contribution in [0.1, 0.15) is 20.3 Å². The fourth-order valence-electron chi connectivity index (χ4n) is 3.28. The number of nitrogens with zero attached hydrogens (tertiary/aromatic N) is 3. The van der Waals surface area contributed by atoms with E-state index in [-0.39, 0.29) is 31.5 Å². The molecule has 1 aromatic carbocycles. The fourth-order valence-corrected chi connectivity index (χ4v) is 3.28. The third kappa shape index (κ3) is 4.94. The molecule has 158 valence electrons. The number of hydrogen-bond donors (Lipinski definition) is 1. The van der Waals surface area contributed by atoms with Crippen molar-refractivity contribution in [2.24, 2.45) is 0 Å². The van der Waals surface area contributed by atoms with Gasteiger partial charge in [-0.15, -0.1) is 0 Å². The summed E-state index contributed by atoms with van der Waals surface area (Å²) in [5.74, 6) is -0.796. The molecule has 0 saturated carbocycles. The van der Waals surface area contributed by atoms with Crippen LogP contribution in [0.2, 0.25) is 0 Å². The second-order valence-electron chi connectivity index (χ2n) is 6.86. The average molecular weight is 408 g/mol. The summed E-state index contributed by atoms with van der Waals surface area (Å²) in [5, 5.41) is 3.92. The summed E-state index contributed by atoms with van der Waals surface area (Å²) in [6.07, 6.45) is -0.721. The average Bonchev–Trinajstić information content (AvgIpc) is 2.90. The maximum atomic E-state index is 14.8. The van der Waals surface area contributed by atoms with Crippen molar-refractivity contribution in [1.82, 2.24) is 10.4 Å². The molecule has 2 saturated heterocycles. The van der Waals surface area contributed by atoms with E-state index in [9.17, 15) is 18.8 Å². The van der Waals surface area contributed by atoms with Gasteiger partial charge in [-0.1, -0.05) is 6.92 Å². The zero-order chi connectivity index (χ0) is 21.0. The van der Waals surface area contributed by atoms with E-state index in [4.69, 9.17) is 9.57 Å². The van der Waals surface area contributed by atoms with Crippen LogP contribution >= 0.6 is 0 Å². The second kappa shape index (κ2) is 9.08. The summed E-state index contributed by atoms with van der Waals surface area (Å²) < 4.78 is 20.0. The molecule has 1 N–H and O–H groups in total. The van der Waals surface area contributed by atoms with Crippen LogP contribution in [0.25, 0.3) is 0 Å². The van der Waals surface area contributed by atoms with Crippen molar-refractivity contribution in [2.45, 2.75) is 26.4 Å². The van der Waals surface area contributed by atoms with E-state index in [1.165, 1.54) is 23.0 Å². The Kier molecular flexibility index (Phi) is 6.53. The second-order valence-corrected chi connectivity index (χ2v) is 6.86. The van der Waals surface area contributed by atoms with Crippen molar-refractivity contribution in [3.05, 3.63) is 24.0 Å². The molecule has 0 bridgehead atoms. The molecule has 0 aromatic heterocycles. The van der Waals surface area contributed by atoms with Crippen molar-refractivity contribution in [3.63, 3.8) is 0 Å². The smallest absolute Gasteiger partial charge is 0.414 e. The maximum Gasteiger partial charge on any atom is 0.414 e. The van der Waals surface area contributed by atoms with E-state index < -0.39 is 18.0 Å². The molecule has 10 heteroatoms. The largest absolute Gasteiger partial charge is 0.442 e. The molecule has 9 nitrogen and oxygen atoms in total. The van der Waals surface area contributed by atoms with Crippen molar-refractivity contribution in [1.29, 1.82) is 0 Å². The highest BCUT2D eigenvalue weighted by Gasteiger charge is 2.33. The molecule has 29 heavy (non-hydrogen) atoms. The van der Waals surface area contributed by atoms with Gasteiger partial charge in [-0.25, -0.2) is 14.2 Å². The normalized spacial score (nSPS) is 19.8. The Bertz CT molecular complexity index is 790. The molecule has 0 unspecified atom stereocenters. The van der Waals surface area contributed by atoms with Gasteiger partial charge in [-0.3, -0.25) is 19.3 Å². The number of hydroxylamine groups is 2. The Morgan fingerprint density at radius 1 is 1.28 bits per heavy atom. The van der Waals surface area contributed by atoms with Gasteiger partial charge < -0.3 is 15.0 Å². The van der Waals surface area contributed by atoms with Crippen LogP contribution in [0.4, 0.5) is 20.6 Å². The molecule has 2 fully saturated rings. The van der Waals surface area contributed by atoms with Crippen LogP contribution in [0, 0.1) is 5.82 Å². The molecule has 2 aliphatic heterocycles. The number of nitrogens with one attached hydrogen (secondary N) is 1. The summed E-state index contributed by atoms with van der Waals surface area (Å²) in [6.45, 7) is 5.07. The van der Waals surface area contributed by atoms with Crippen LogP contribution in [-0.2, 0) is 19.2 Å². The molecule has 3 rings (SSSR count). The SMILES string of the molecule is CCC(=O)N1CCN(c2ccc(N3C[C@H](CNC(C)=O)OC3=O)cc2F)CCO1. The number of ether oxygens (including phenoxy) is 1. The minimum Gasteiger partial charge on any atom is -0.442 e. The lowest BCUT2D eigenvalue weighted by Gasteiger charge is -2.23. The van der Waals surface area contributed by atoms with E-state index in [1.807, 2.05) is 4.90 Å². The monoisotopic (exact) mass is 408 g/mol. The number of rotatable bonds is 5. The predicted molar refractivity (Wildman–Crippen MR) is 103 cm³/mol. The molecular weight excluding hydrogens is 383 g/mol. The third-order valence-corrected chi connectivity index (χ3v) is 4.80. The summed E-state index contributed by atoms with van der Waals surface area (Å²) in [5.41, 5.74) is 0.765. The van der Waals surface area contributed by atoms with Crippen LogP contribution in [-0.4, -0.2) is 68.4 Å². The van der Waals surface area contributed by atoms with Gasteiger partial charge in [0.1, 0.15) is 11.9 Å². The first-order valence-electron chi connectivity index (χ1n) is 9.59. The lowest BCUT2D eigenvalue weighted by atomic mass is 10.2. The van der Waals surface area contributed by atoms with E-state index in [0.29, 0.717) is 37.4 Å². The number of halogens is 1. The van der Waals surface area contributed by atoms with E-state index in [0.717, 1.165) is 0 Å². The topological polar surface area (TPSA) is 91.4 Å². The highest BCUT2D eigenvalue weighted by Crippen LogP contribution is 2.28. The zero-order valence-electron chi connectivity index (χ0n) is 16.5. The van der Waals surface area contributed by atoms with Gasteiger partial charge in [0.25, 0.3) is 0 Å². The van der Waals surface area contributed by atoms with Gasteiger partial charge in [0.2, 0.25) is 11.8 Å². The number of benzene rings is 1. The van der Waals surface area contributed by atoms with Crippen molar-refractivity contribution in [2.75, 3.05) is 49.1 Å². The Hall–Kier alpha value is -2.88. The Labute approximate surface area is 168 Å². The molecule has 2 aliphatic rings. The summed E-state index contributed by atoms with van der Waals surface area (Å²) in [7, 11) is 0. The fraction of sp³-hybridized carbons (Fsp3) is 0.526. The van der Waals surface area contributed by atoms with Crippen molar-refractivity contribution >= 4 is 29.3 Å². The number of hydrogen-bond acceptors (Lipinski definition) is 6. The van der Waals surface area contributed by atoms with Crippen molar-refractivity contribution < 1.29 is 28.3 Å². The third-order valence-electron chi connectivity index (χ3n) is 4.80. The number of amides is 3. The highest BCUT2D eigenvalue weighted by molar-refractivity contribution is 5.90. The summed E-state index contributed by atoms with van der Waals surface area (Å²) in [4.78, 5) is 43.5. The lowest BCUT2D eigenvalue weighted by molar-refractivity contribution is -0.181. The molecule has 0 aliphatic carbocycles. The lowest BCUT2D eigenvalue weighted by Crippen LogP contribution is -2.34. The van der Waals surface area contributed by atoms with Gasteiger partial charge in [0.15, 0.2) is 0 Å². The van der Waals surface area contributed by atoms with Crippen LogP contribution in [0.15, 0.2) is 18.2 Å². The Morgan fingerprint density at radius 3 is 2.76 bits per heavy atom. The van der Waals surface area contributed by atoms with Crippen LogP contribution in [0.3, 0.4) is 0 Å². The molecular formula is C19H25FN4O5. The molecule has 3 amide bonds. The molecule has 0 radical (unpaired) electrons. The van der Waals surface area contributed by atoms with Gasteiger partial charge in [-0.05, 0) is 18.2 Å². The molecule has 1 aromatic rings. The molecule has 0 spiro atoms. The molecule has 1 atom stereocenters.